The number of hydrogen-bond acceptors (Lipinski definition) is 1. The largest absolute Gasteiger partial charge is 0.389 e. The maximum atomic E-state index is 11.2. The van der Waals surface area contributed by atoms with Crippen LogP contribution in [-0.2, 0) is 0 Å². The van der Waals surface area contributed by atoms with E-state index in [-0.39, 0.29) is 11.0 Å². The van der Waals surface area contributed by atoms with Gasteiger partial charge in [0.2, 0.25) is 0 Å². The molecule has 0 amide bonds. The third-order valence-electron chi connectivity index (χ3n) is 6.25. The van der Waals surface area contributed by atoms with Crippen LogP contribution in [0.5, 0.6) is 0 Å². The van der Waals surface area contributed by atoms with Gasteiger partial charge in [-0.05, 0) is 60.7 Å². The monoisotopic (exact) mass is 222 g/mol. The lowest BCUT2D eigenvalue weighted by molar-refractivity contribution is -0.0717. The standard InChI is InChI=1S/C15H26O/c1-10-5-6-15(16)12(10)9-13(2,3)7-11-8-14(11,15)4/h10-12,16H,5-9H2,1-4H3/t10?,11-,12?,14+,15+/m0/s1. The zero-order valence-electron chi connectivity index (χ0n) is 11.2. The van der Waals surface area contributed by atoms with Crippen molar-refractivity contribution in [3.63, 3.8) is 0 Å². The molecule has 0 aromatic rings. The highest BCUT2D eigenvalue weighted by Gasteiger charge is 2.69. The molecule has 0 aromatic carbocycles. The Morgan fingerprint density at radius 3 is 2.44 bits per heavy atom. The molecule has 0 aromatic heterocycles. The first-order chi connectivity index (χ1) is 7.29. The molecule has 3 rings (SSSR count). The Morgan fingerprint density at radius 1 is 1.06 bits per heavy atom. The van der Waals surface area contributed by atoms with Crippen molar-refractivity contribution in [3.05, 3.63) is 0 Å². The average Bonchev–Trinajstić information content (AvgIpc) is 2.73. The van der Waals surface area contributed by atoms with E-state index in [0.717, 1.165) is 18.3 Å². The molecular weight excluding hydrogens is 196 g/mol. The van der Waals surface area contributed by atoms with Crippen LogP contribution < -0.4 is 0 Å². The van der Waals surface area contributed by atoms with Gasteiger partial charge in [0.05, 0.1) is 5.60 Å². The molecule has 3 aliphatic carbocycles. The maximum Gasteiger partial charge on any atom is 0.0734 e. The van der Waals surface area contributed by atoms with Gasteiger partial charge in [-0.15, -0.1) is 0 Å². The van der Waals surface area contributed by atoms with E-state index in [0.29, 0.717) is 11.3 Å². The van der Waals surface area contributed by atoms with Crippen molar-refractivity contribution >= 4 is 0 Å². The van der Waals surface area contributed by atoms with Crippen LogP contribution in [0.1, 0.15) is 59.8 Å². The first-order valence-electron chi connectivity index (χ1n) is 7.01. The number of aliphatic hydroxyl groups is 1. The van der Waals surface area contributed by atoms with E-state index in [1.165, 1.54) is 25.7 Å². The molecule has 0 heterocycles. The highest BCUT2D eigenvalue weighted by molar-refractivity contribution is 5.19. The molecule has 92 valence electrons. The Labute approximate surface area is 99.6 Å². The summed E-state index contributed by atoms with van der Waals surface area (Å²) in [5.74, 6) is 2.07. The zero-order valence-corrected chi connectivity index (χ0v) is 11.2. The first kappa shape index (κ1) is 11.1. The molecule has 3 aliphatic rings. The van der Waals surface area contributed by atoms with Crippen molar-refractivity contribution in [2.45, 2.75) is 65.4 Å². The summed E-state index contributed by atoms with van der Waals surface area (Å²) in [6.07, 6.45) is 6.13. The van der Waals surface area contributed by atoms with E-state index in [9.17, 15) is 5.11 Å². The van der Waals surface area contributed by atoms with Gasteiger partial charge in [0.1, 0.15) is 0 Å². The SMILES string of the molecule is CC1CC[C@@]2(O)C1CC(C)(C)C[C@H]1C[C@]12C. The van der Waals surface area contributed by atoms with Gasteiger partial charge < -0.3 is 5.11 Å². The Hall–Kier alpha value is -0.0400. The van der Waals surface area contributed by atoms with E-state index in [2.05, 4.69) is 27.7 Å². The van der Waals surface area contributed by atoms with Gasteiger partial charge in [-0.1, -0.05) is 27.7 Å². The minimum atomic E-state index is -0.329. The van der Waals surface area contributed by atoms with Crippen LogP contribution in [0, 0.1) is 28.6 Å². The topological polar surface area (TPSA) is 20.2 Å². The summed E-state index contributed by atoms with van der Waals surface area (Å²) >= 11 is 0. The highest BCUT2D eigenvalue weighted by Crippen LogP contribution is 2.71. The maximum absolute atomic E-state index is 11.2. The minimum Gasteiger partial charge on any atom is -0.389 e. The average molecular weight is 222 g/mol. The molecular formula is C15H26O. The van der Waals surface area contributed by atoms with Gasteiger partial charge in [0, 0.05) is 0 Å². The molecule has 5 atom stereocenters. The van der Waals surface area contributed by atoms with Crippen LogP contribution in [0.4, 0.5) is 0 Å². The molecule has 1 heteroatoms. The number of fused-ring (bicyclic) bond motifs is 3. The summed E-state index contributed by atoms with van der Waals surface area (Å²) in [5, 5.41) is 11.2. The summed E-state index contributed by atoms with van der Waals surface area (Å²) in [7, 11) is 0. The fraction of sp³-hybridized carbons (Fsp3) is 1.00. The predicted molar refractivity (Wildman–Crippen MR) is 66.1 cm³/mol. The Kier molecular flexibility index (Phi) is 1.98. The molecule has 0 radical (unpaired) electrons. The molecule has 0 bridgehead atoms. The van der Waals surface area contributed by atoms with Crippen LogP contribution in [0.3, 0.4) is 0 Å². The molecule has 16 heavy (non-hydrogen) atoms. The number of rotatable bonds is 0. The second-order valence-corrected chi connectivity index (χ2v) is 7.94. The molecule has 2 unspecified atom stereocenters. The van der Waals surface area contributed by atoms with Gasteiger partial charge in [-0.2, -0.15) is 0 Å². The van der Waals surface area contributed by atoms with E-state index in [4.69, 9.17) is 0 Å². The molecule has 3 saturated carbocycles. The van der Waals surface area contributed by atoms with Crippen LogP contribution in [0.15, 0.2) is 0 Å². The van der Waals surface area contributed by atoms with Crippen molar-refractivity contribution in [1.82, 2.24) is 0 Å². The van der Waals surface area contributed by atoms with Crippen molar-refractivity contribution in [2.75, 3.05) is 0 Å². The lowest BCUT2D eigenvalue weighted by atomic mass is 9.71. The minimum absolute atomic E-state index is 0.260. The quantitative estimate of drug-likeness (QED) is 0.664. The molecule has 0 aliphatic heterocycles. The fourth-order valence-corrected chi connectivity index (χ4v) is 5.01. The van der Waals surface area contributed by atoms with Crippen molar-refractivity contribution < 1.29 is 5.11 Å². The normalized spacial score (nSPS) is 58.7. The smallest absolute Gasteiger partial charge is 0.0734 e. The first-order valence-corrected chi connectivity index (χ1v) is 7.01. The zero-order chi connectivity index (χ0) is 11.8. The van der Waals surface area contributed by atoms with Crippen LogP contribution in [0.2, 0.25) is 0 Å². The third kappa shape index (κ3) is 1.21. The van der Waals surface area contributed by atoms with E-state index in [1.807, 2.05) is 0 Å². The van der Waals surface area contributed by atoms with Crippen LogP contribution >= 0.6 is 0 Å². The van der Waals surface area contributed by atoms with Gasteiger partial charge in [-0.25, -0.2) is 0 Å². The van der Waals surface area contributed by atoms with Crippen molar-refractivity contribution in [1.29, 1.82) is 0 Å². The summed E-state index contributed by atoms with van der Waals surface area (Å²) in [4.78, 5) is 0. The molecule has 3 fully saturated rings. The number of hydrogen-bond donors (Lipinski definition) is 1. The van der Waals surface area contributed by atoms with Gasteiger partial charge >= 0.3 is 0 Å². The highest BCUT2D eigenvalue weighted by atomic mass is 16.3. The summed E-state index contributed by atoms with van der Waals surface area (Å²) in [5.41, 5.74) is 0.372. The van der Waals surface area contributed by atoms with E-state index >= 15 is 0 Å². The van der Waals surface area contributed by atoms with Gasteiger partial charge in [0.15, 0.2) is 0 Å². The Bertz CT molecular complexity index is 321. The van der Waals surface area contributed by atoms with Gasteiger partial charge in [0.25, 0.3) is 0 Å². The second kappa shape index (κ2) is 2.85. The fourth-order valence-electron chi connectivity index (χ4n) is 5.01. The van der Waals surface area contributed by atoms with Crippen LogP contribution in [-0.4, -0.2) is 10.7 Å². The summed E-state index contributed by atoms with van der Waals surface area (Å²) in [6, 6.07) is 0. The lowest BCUT2D eigenvalue weighted by Crippen LogP contribution is -2.43. The second-order valence-electron chi connectivity index (χ2n) is 7.94. The molecule has 0 saturated heterocycles. The summed E-state index contributed by atoms with van der Waals surface area (Å²) in [6.45, 7) is 9.51. The van der Waals surface area contributed by atoms with Gasteiger partial charge in [-0.3, -0.25) is 0 Å². The summed E-state index contributed by atoms with van der Waals surface area (Å²) < 4.78 is 0. The van der Waals surface area contributed by atoms with Crippen LogP contribution in [0.25, 0.3) is 0 Å². The Balaban J connectivity index is 2.01. The van der Waals surface area contributed by atoms with E-state index in [1.54, 1.807) is 0 Å². The lowest BCUT2D eigenvalue weighted by Gasteiger charge is -2.39. The Morgan fingerprint density at radius 2 is 1.75 bits per heavy atom. The predicted octanol–water partition coefficient (Wildman–Crippen LogP) is 3.61. The van der Waals surface area contributed by atoms with E-state index < -0.39 is 0 Å². The van der Waals surface area contributed by atoms with Crippen molar-refractivity contribution in [3.8, 4) is 0 Å². The molecule has 1 nitrogen and oxygen atoms in total. The third-order valence-corrected chi connectivity index (χ3v) is 6.25. The molecule has 1 N–H and O–H groups in total. The molecule has 0 spiro atoms. The van der Waals surface area contributed by atoms with Crippen molar-refractivity contribution in [2.24, 2.45) is 28.6 Å².